The average Bonchev–Trinajstić information content (AvgIpc) is 2.72. The van der Waals surface area contributed by atoms with Crippen LogP contribution < -0.4 is 10.2 Å². The highest BCUT2D eigenvalue weighted by Gasteiger charge is 2.11. The molecule has 1 N–H and O–H groups in total. The van der Waals surface area contributed by atoms with Crippen LogP contribution in [0.15, 0.2) is 53.4 Å². The van der Waals surface area contributed by atoms with Gasteiger partial charge < -0.3 is 15.0 Å². The summed E-state index contributed by atoms with van der Waals surface area (Å²) in [5.74, 6) is -0.0249. The minimum absolute atomic E-state index is 0.272. The Labute approximate surface area is 171 Å². The third-order valence-electron chi connectivity index (χ3n) is 4.28. The smallest absolute Gasteiger partial charge is 0.338 e. The predicted molar refractivity (Wildman–Crippen MR) is 115 cm³/mol. The number of anilines is 1. The second kappa shape index (κ2) is 11.4. The molecule has 2 rings (SSSR count). The lowest BCUT2D eigenvalue weighted by atomic mass is 10.2. The van der Waals surface area contributed by atoms with Crippen molar-refractivity contribution >= 4 is 29.3 Å². The molecule has 0 aliphatic carbocycles. The summed E-state index contributed by atoms with van der Waals surface area (Å²) in [5.41, 5.74) is 2.73. The van der Waals surface area contributed by atoms with Gasteiger partial charge in [0.15, 0.2) is 6.61 Å². The maximum Gasteiger partial charge on any atom is 0.338 e. The molecule has 2 aromatic carbocycles. The molecule has 0 unspecified atom stereocenters. The number of amides is 1. The number of hydrogen-bond acceptors (Lipinski definition) is 5. The van der Waals surface area contributed by atoms with E-state index in [2.05, 4.69) is 55.3 Å². The molecule has 0 fully saturated rings. The molecular weight excluding hydrogens is 372 g/mol. The zero-order chi connectivity index (χ0) is 20.4. The molecule has 150 valence electrons. The number of carbonyl (C=O) groups excluding carboxylic acids is 2. The van der Waals surface area contributed by atoms with E-state index in [0.717, 1.165) is 24.5 Å². The molecule has 5 nitrogen and oxygen atoms in total. The van der Waals surface area contributed by atoms with Crippen molar-refractivity contribution in [1.29, 1.82) is 0 Å². The quantitative estimate of drug-likeness (QED) is 0.372. The number of benzene rings is 2. The third kappa shape index (κ3) is 6.93. The van der Waals surface area contributed by atoms with Crippen molar-refractivity contribution in [2.45, 2.75) is 25.7 Å². The van der Waals surface area contributed by atoms with Gasteiger partial charge in [0.05, 0.1) is 5.56 Å². The first kappa shape index (κ1) is 21.8. The molecule has 0 atom stereocenters. The molecule has 0 bridgehead atoms. The normalized spacial score (nSPS) is 10.4. The largest absolute Gasteiger partial charge is 0.452 e. The average molecular weight is 401 g/mol. The standard InChI is InChI=1S/C22H28N2O3S/c1-4-24(5-2)19-10-8-18(9-11-19)22(26)27-16-21(25)23-14-15-28-20-12-6-17(3)7-13-20/h6-13H,4-5,14-16H2,1-3H3,(H,23,25). The van der Waals surface area contributed by atoms with Gasteiger partial charge in [0, 0.05) is 36.0 Å². The number of hydrogen-bond donors (Lipinski definition) is 1. The van der Waals surface area contributed by atoms with Crippen LogP contribution in [0.25, 0.3) is 0 Å². The molecule has 0 aromatic heterocycles. The van der Waals surface area contributed by atoms with Gasteiger partial charge in [-0.2, -0.15) is 0 Å². The lowest BCUT2D eigenvalue weighted by Gasteiger charge is -2.20. The Morgan fingerprint density at radius 1 is 1.00 bits per heavy atom. The summed E-state index contributed by atoms with van der Waals surface area (Å²) in [6, 6.07) is 15.5. The minimum atomic E-state index is -0.490. The summed E-state index contributed by atoms with van der Waals surface area (Å²) >= 11 is 1.67. The fourth-order valence-electron chi connectivity index (χ4n) is 2.66. The van der Waals surface area contributed by atoms with Crippen LogP contribution in [0.1, 0.15) is 29.8 Å². The molecule has 28 heavy (non-hydrogen) atoms. The zero-order valence-electron chi connectivity index (χ0n) is 16.7. The van der Waals surface area contributed by atoms with E-state index in [9.17, 15) is 9.59 Å². The Morgan fingerprint density at radius 2 is 1.64 bits per heavy atom. The van der Waals surface area contributed by atoms with E-state index in [1.54, 1.807) is 23.9 Å². The van der Waals surface area contributed by atoms with Gasteiger partial charge in [-0.15, -0.1) is 11.8 Å². The molecule has 0 spiro atoms. The molecule has 0 heterocycles. The molecule has 1 amide bonds. The van der Waals surface area contributed by atoms with Gasteiger partial charge in [-0.25, -0.2) is 4.79 Å². The highest BCUT2D eigenvalue weighted by molar-refractivity contribution is 7.99. The monoisotopic (exact) mass is 400 g/mol. The summed E-state index contributed by atoms with van der Waals surface area (Å²) in [6.07, 6.45) is 0. The van der Waals surface area contributed by atoms with Crippen molar-refractivity contribution in [1.82, 2.24) is 5.32 Å². The summed E-state index contributed by atoms with van der Waals surface area (Å²) in [6.45, 7) is 8.28. The fraction of sp³-hybridized carbons (Fsp3) is 0.364. The Balaban J connectivity index is 1.68. The first-order chi connectivity index (χ1) is 13.5. The minimum Gasteiger partial charge on any atom is -0.452 e. The maximum atomic E-state index is 12.1. The highest BCUT2D eigenvalue weighted by Crippen LogP contribution is 2.17. The number of carbonyl (C=O) groups is 2. The number of nitrogens with one attached hydrogen (secondary N) is 1. The van der Waals surface area contributed by atoms with Gasteiger partial charge >= 0.3 is 5.97 Å². The molecule has 0 saturated carbocycles. The first-order valence-electron chi connectivity index (χ1n) is 9.51. The van der Waals surface area contributed by atoms with E-state index >= 15 is 0 Å². The van der Waals surface area contributed by atoms with Crippen LogP contribution in [0.4, 0.5) is 5.69 Å². The SMILES string of the molecule is CCN(CC)c1ccc(C(=O)OCC(=O)NCCSc2ccc(C)cc2)cc1. The van der Waals surface area contributed by atoms with Crippen LogP contribution in [-0.4, -0.2) is 43.9 Å². The van der Waals surface area contributed by atoms with Gasteiger partial charge in [0.25, 0.3) is 5.91 Å². The van der Waals surface area contributed by atoms with Crippen molar-refractivity contribution in [3.63, 3.8) is 0 Å². The van der Waals surface area contributed by atoms with Crippen LogP contribution in [0.2, 0.25) is 0 Å². The molecule has 0 radical (unpaired) electrons. The number of thioether (sulfide) groups is 1. The number of aryl methyl sites for hydroxylation is 1. The molecule has 0 saturated heterocycles. The Morgan fingerprint density at radius 3 is 2.25 bits per heavy atom. The predicted octanol–water partition coefficient (Wildman–Crippen LogP) is 3.91. The molecule has 0 aliphatic rings. The second-order valence-electron chi connectivity index (χ2n) is 6.31. The molecule has 0 aliphatic heterocycles. The summed E-state index contributed by atoms with van der Waals surface area (Å²) < 4.78 is 5.10. The Bertz CT molecular complexity index is 756. The van der Waals surface area contributed by atoms with Gasteiger partial charge in [0.2, 0.25) is 0 Å². The van der Waals surface area contributed by atoms with Crippen LogP contribution in [0.5, 0.6) is 0 Å². The van der Waals surface area contributed by atoms with Gasteiger partial charge in [-0.3, -0.25) is 4.79 Å². The van der Waals surface area contributed by atoms with Gasteiger partial charge in [-0.1, -0.05) is 17.7 Å². The zero-order valence-corrected chi connectivity index (χ0v) is 17.6. The van der Waals surface area contributed by atoms with Crippen molar-refractivity contribution in [2.75, 3.05) is 36.9 Å². The van der Waals surface area contributed by atoms with Gasteiger partial charge in [0.1, 0.15) is 0 Å². The fourth-order valence-corrected chi connectivity index (χ4v) is 3.42. The molecule has 2 aromatic rings. The summed E-state index contributed by atoms with van der Waals surface area (Å²) in [4.78, 5) is 27.3. The Kier molecular flexibility index (Phi) is 8.88. The maximum absolute atomic E-state index is 12.1. The summed E-state index contributed by atoms with van der Waals surface area (Å²) in [7, 11) is 0. The van der Waals surface area contributed by atoms with Crippen molar-refractivity contribution < 1.29 is 14.3 Å². The lowest BCUT2D eigenvalue weighted by Crippen LogP contribution is -2.30. The number of nitrogens with zero attached hydrogens (tertiary/aromatic N) is 1. The first-order valence-corrected chi connectivity index (χ1v) is 10.5. The van der Waals surface area contributed by atoms with Crippen LogP contribution in [-0.2, 0) is 9.53 Å². The second-order valence-corrected chi connectivity index (χ2v) is 7.48. The van der Waals surface area contributed by atoms with Crippen LogP contribution >= 0.6 is 11.8 Å². The number of esters is 1. The lowest BCUT2D eigenvalue weighted by molar-refractivity contribution is -0.124. The van der Waals surface area contributed by atoms with E-state index in [1.165, 1.54) is 10.5 Å². The van der Waals surface area contributed by atoms with E-state index in [1.807, 2.05) is 12.1 Å². The van der Waals surface area contributed by atoms with Crippen molar-refractivity contribution in [3.05, 3.63) is 59.7 Å². The van der Waals surface area contributed by atoms with Crippen molar-refractivity contribution in [3.8, 4) is 0 Å². The molecular formula is C22H28N2O3S. The number of rotatable bonds is 10. The topological polar surface area (TPSA) is 58.6 Å². The van der Waals surface area contributed by atoms with E-state index < -0.39 is 5.97 Å². The van der Waals surface area contributed by atoms with E-state index in [4.69, 9.17) is 4.74 Å². The van der Waals surface area contributed by atoms with E-state index in [-0.39, 0.29) is 12.5 Å². The van der Waals surface area contributed by atoms with Crippen LogP contribution in [0, 0.1) is 6.92 Å². The number of ether oxygens (including phenoxy) is 1. The Hall–Kier alpha value is -2.47. The highest BCUT2D eigenvalue weighted by atomic mass is 32.2. The van der Waals surface area contributed by atoms with Crippen LogP contribution in [0.3, 0.4) is 0 Å². The van der Waals surface area contributed by atoms with Crippen molar-refractivity contribution in [2.24, 2.45) is 0 Å². The van der Waals surface area contributed by atoms with Gasteiger partial charge in [-0.05, 0) is 57.2 Å². The molecule has 6 heteroatoms. The van der Waals surface area contributed by atoms with E-state index in [0.29, 0.717) is 12.1 Å². The third-order valence-corrected chi connectivity index (χ3v) is 5.29. The summed E-state index contributed by atoms with van der Waals surface area (Å²) in [5, 5.41) is 2.77.